The Kier molecular flexibility index (Phi) is 8.77. The van der Waals surface area contributed by atoms with Crippen LogP contribution in [0.4, 0.5) is 0 Å². The summed E-state index contributed by atoms with van der Waals surface area (Å²) in [6.45, 7) is 4.76. The molecule has 0 atom stereocenters. The molecule has 2 aliphatic rings. The molecule has 2 nitrogen and oxygen atoms in total. The van der Waals surface area contributed by atoms with Crippen molar-refractivity contribution in [1.82, 2.24) is 9.97 Å². The van der Waals surface area contributed by atoms with Gasteiger partial charge < -0.3 is 0 Å². The summed E-state index contributed by atoms with van der Waals surface area (Å²) in [5, 5.41) is 0. The lowest BCUT2D eigenvalue weighted by Crippen LogP contribution is -2.40. The molecule has 302 valence electrons. The smallest absolute Gasteiger partial charge is 0.160 e. The van der Waals surface area contributed by atoms with E-state index in [1.165, 1.54) is 77.9 Å². The van der Waals surface area contributed by atoms with Gasteiger partial charge in [-0.3, -0.25) is 0 Å². The lowest BCUT2D eigenvalue weighted by atomic mass is 9.55. The molecule has 12 rings (SSSR count). The fourth-order valence-corrected chi connectivity index (χ4v) is 10.8. The molecule has 0 saturated heterocycles. The van der Waals surface area contributed by atoms with E-state index in [-0.39, 0.29) is 5.41 Å². The highest BCUT2D eigenvalue weighted by molar-refractivity contribution is 5.98. The van der Waals surface area contributed by atoms with E-state index < -0.39 is 5.41 Å². The van der Waals surface area contributed by atoms with Gasteiger partial charge >= 0.3 is 0 Å². The highest BCUT2D eigenvalue weighted by Crippen LogP contribution is 2.63. The van der Waals surface area contributed by atoms with E-state index in [2.05, 4.69) is 238 Å². The topological polar surface area (TPSA) is 25.8 Å². The minimum Gasteiger partial charge on any atom is -0.228 e. The lowest BCUT2D eigenvalue weighted by molar-refractivity contribution is 0.563. The summed E-state index contributed by atoms with van der Waals surface area (Å²) in [4.78, 5) is 10.6. The first-order valence-corrected chi connectivity index (χ1v) is 22.2. The van der Waals surface area contributed by atoms with Crippen LogP contribution in [-0.2, 0) is 10.8 Å². The van der Waals surface area contributed by atoms with Gasteiger partial charge in [-0.2, -0.15) is 0 Å². The maximum absolute atomic E-state index is 5.43. The molecule has 2 heteroatoms. The molecule has 9 aromatic carbocycles. The van der Waals surface area contributed by atoms with Gasteiger partial charge in [-0.05, 0) is 90.0 Å². The van der Waals surface area contributed by atoms with Gasteiger partial charge in [0.25, 0.3) is 0 Å². The molecular weight excluding hydrogens is 773 g/mol. The van der Waals surface area contributed by atoms with Gasteiger partial charge in [-0.15, -0.1) is 0 Å². The second-order valence-electron chi connectivity index (χ2n) is 17.7. The molecule has 0 unspecified atom stereocenters. The zero-order chi connectivity index (χ0) is 42.8. The van der Waals surface area contributed by atoms with Crippen molar-refractivity contribution in [2.24, 2.45) is 0 Å². The largest absolute Gasteiger partial charge is 0.228 e. The van der Waals surface area contributed by atoms with Gasteiger partial charge in [-0.25, -0.2) is 9.97 Å². The van der Waals surface area contributed by atoms with Crippen molar-refractivity contribution < 1.29 is 0 Å². The number of fused-ring (bicyclic) bond motifs is 9. The summed E-state index contributed by atoms with van der Waals surface area (Å²) in [6.07, 6.45) is 0. The molecule has 1 heterocycles. The van der Waals surface area contributed by atoms with Gasteiger partial charge in [0.15, 0.2) is 5.82 Å². The van der Waals surface area contributed by atoms with Crippen LogP contribution in [0.2, 0.25) is 0 Å². The normalized spacial score (nSPS) is 13.7. The maximum atomic E-state index is 5.43. The monoisotopic (exact) mass is 816 g/mol. The van der Waals surface area contributed by atoms with Crippen molar-refractivity contribution in [1.29, 1.82) is 0 Å². The van der Waals surface area contributed by atoms with Gasteiger partial charge in [0, 0.05) is 22.1 Å². The third kappa shape index (κ3) is 5.87. The number of benzene rings is 9. The summed E-state index contributed by atoms with van der Waals surface area (Å²) >= 11 is 0. The average molecular weight is 817 g/mol. The fourth-order valence-electron chi connectivity index (χ4n) is 10.8. The Morgan fingerprint density at radius 3 is 1.27 bits per heavy atom. The number of hydrogen-bond donors (Lipinski definition) is 0. The highest BCUT2D eigenvalue weighted by atomic mass is 14.9. The second kappa shape index (κ2) is 14.9. The van der Waals surface area contributed by atoms with Crippen LogP contribution in [0.15, 0.2) is 231 Å². The van der Waals surface area contributed by atoms with Crippen molar-refractivity contribution in [3.63, 3.8) is 0 Å². The molecule has 0 N–H and O–H groups in total. The van der Waals surface area contributed by atoms with Crippen molar-refractivity contribution in [2.45, 2.75) is 24.7 Å². The standard InChI is InChI=1S/C62H44N2/c1-61(2)52-24-12-14-26-54(52)62(55-27-15-13-25-53(55)61)51-38-37-48(45-35-33-44(34-36-45)43-31-29-42(30-32-43)41-17-6-3-7-18-41)39-50(51)59-49(23-16-28-56(59)62)58-40-57(46-19-8-4-9-20-46)63-60(64-58)47-21-10-5-11-22-47/h3-40H,1-2H3. The van der Waals surface area contributed by atoms with E-state index >= 15 is 0 Å². The van der Waals surface area contributed by atoms with E-state index in [0.29, 0.717) is 5.82 Å². The summed E-state index contributed by atoms with van der Waals surface area (Å²) < 4.78 is 0. The zero-order valence-corrected chi connectivity index (χ0v) is 35.8. The first-order valence-electron chi connectivity index (χ1n) is 22.2. The van der Waals surface area contributed by atoms with E-state index in [4.69, 9.17) is 9.97 Å². The molecule has 1 spiro atoms. The van der Waals surface area contributed by atoms with Gasteiger partial charge in [0.05, 0.1) is 16.8 Å². The Morgan fingerprint density at radius 2 is 0.703 bits per heavy atom. The van der Waals surface area contributed by atoms with E-state index in [0.717, 1.165) is 28.1 Å². The molecule has 0 bridgehead atoms. The van der Waals surface area contributed by atoms with Gasteiger partial charge in [0.1, 0.15) is 0 Å². The minimum atomic E-state index is -0.546. The molecule has 0 radical (unpaired) electrons. The Balaban J connectivity index is 1.07. The molecule has 64 heavy (non-hydrogen) atoms. The highest BCUT2D eigenvalue weighted by Gasteiger charge is 2.53. The van der Waals surface area contributed by atoms with Crippen LogP contribution in [0, 0.1) is 0 Å². The van der Waals surface area contributed by atoms with Crippen molar-refractivity contribution in [3.05, 3.63) is 264 Å². The molecule has 0 saturated carbocycles. The maximum Gasteiger partial charge on any atom is 0.160 e. The SMILES string of the molecule is CC1(C)c2ccccc2C2(c3ccc(-c4ccc(-c5ccc(-c6ccccc6)cc5)cc4)cc3-c3c(-c4cc(-c5ccccc5)nc(-c5ccccc5)n4)cccc32)c2ccccc21. The Morgan fingerprint density at radius 1 is 0.281 bits per heavy atom. The van der Waals surface area contributed by atoms with Gasteiger partial charge in [0.2, 0.25) is 0 Å². The van der Waals surface area contributed by atoms with E-state index in [1.54, 1.807) is 0 Å². The molecule has 0 amide bonds. The summed E-state index contributed by atoms with van der Waals surface area (Å²) in [5.41, 5.74) is 21.8. The second-order valence-corrected chi connectivity index (χ2v) is 17.7. The Labute approximate surface area is 375 Å². The van der Waals surface area contributed by atoms with Crippen LogP contribution in [0.25, 0.3) is 78.4 Å². The molecule has 10 aromatic rings. The van der Waals surface area contributed by atoms with Crippen molar-refractivity contribution in [2.75, 3.05) is 0 Å². The van der Waals surface area contributed by atoms with Crippen LogP contribution < -0.4 is 0 Å². The Bertz CT molecular complexity index is 3260. The van der Waals surface area contributed by atoms with E-state index in [9.17, 15) is 0 Å². The average Bonchev–Trinajstić information content (AvgIpc) is 3.67. The number of aromatic nitrogens is 2. The van der Waals surface area contributed by atoms with Crippen LogP contribution in [-0.4, -0.2) is 9.97 Å². The van der Waals surface area contributed by atoms with E-state index in [1.807, 2.05) is 6.07 Å². The van der Waals surface area contributed by atoms with Crippen LogP contribution in [0.5, 0.6) is 0 Å². The summed E-state index contributed by atoms with van der Waals surface area (Å²) in [6, 6.07) is 83.9. The molecule has 1 aromatic heterocycles. The predicted octanol–water partition coefficient (Wildman–Crippen LogP) is 15.5. The molecular formula is C62H44N2. The predicted molar refractivity (Wildman–Crippen MR) is 264 cm³/mol. The first kappa shape index (κ1) is 37.8. The summed E-state index contributed by atoms with van der Waals surface area (Å²) in [7, 11) is 0. The van der Waals surface area contributed by atoms with Crippen molar-refractivity contribution >= 4 is 0 Å². The number of hydrogen-bond acceptors (Lipinski definition) is 2. The number of nitrogens with zero attached hydrogens (tertiary/aromatic N) is 2. The summed E-state index contributed by atoms with van der Waals surface area (Å²) in [5.74, 6) is 0.709. The molecule has 0 fully saturated rings. The zero-order valence-electron chi connectivity index (χ0n) is 35.8. The number of rotatable bonds is 6. The lowest BCUT2D eigenvalue weighted by Gasteiger charge is -2.46. The molecule has 2 aliphatic carbocycles. The quantitative estimate of drug-likeness (QED) is 0.167. The Hall–Kier alpha value is -7.94. The first-order chi connectivity index (χ1) is 31.5. The minimum absolute atomic E-state index is 0.190. The third-order valence-corrected chi connectivity index (χ3v) is 13.8. The van der Waals surface area contributed by atoms with Crippen LogP contribution in [0.1, 0.15) is 47.2 Å². The fraction of sp³-hybridized carbons (Fsp3) is 0.0645. The van der Waals surface area contributed by atoms with Crippen LogP contribution >= 0.6 is 0 Å². The van der Waals surface area contributed by atoms with Crippen LogP contribution in [0.3, 0.4) is 0 Å². The molecule has 0 aliphatic heterocycles. The van der Waals surface area contributed by atoms with Gasteiger partial charge in [-0.1, -0.05) is 232 Å². The van der Waals surface area contributed by atoms with Crippen molar-refractivity contribution in [3.8, 4) is 78.4 Å². The third-order valence-electron chi connectivity index (χ3n) is 13.8.